The van der Waals surface area contributed by atoms with Crippen LogP contribution in [0, 0.1) is 5.82 Å². The number of hydrogen-bond donors (Lipinski definition) is 0. The third-order valence-electron chi connectivity index (χ3n) is 4.64. The number of thioether (sulfide) groups is 1. The van der Waals surface area contributed by atoms with Crippen molar-refractivity contribution in [3.8, 4) is 17.1 Å². The Morgan fingerprint density at radius 2 is 2.00 bits per heavy atom. The molecule has 0 spiro atoms. The van der Waals surface area contributed by atoms with E-state index in [0.717, 1.165) is 36.0 Å². The van der Waals surface area contributed by atoms with E-state index in [1.165, 1.54) is 12.1 Å². The molecule has 29 heavy (non-hydrogen) atoms. The molecule has 8 heteroatoms. The van der Waals surface area contributed by atoms with Crippen molar-refractivity contribution in [1.82, 2.24) is 14.8 Å². The van der Waals surface area contributed by atoms with Gasteiger partial charge in [0.1, 0.15) is 11.6 Å². The van der Waals surface area contributed by atoms with E-state index in [0.29, 0.717) is 29.7 Å². The zero-order chi connectivity index (χ0) is 20.1. The summed E-state index contributed by atoms with van der Waals surface area (Å²) in [5, 5.41) is 10.1. The summed E-state index contributed by atoms with van der Waals surface area (Å²) in [5.74, 6) is 1.81. The molecule has 0 saturated carbocycles. The second kappa shape index (κ2) is 9.61. The number of nitrogens with zero attached hydrogens (tertiary/aromatic N) is 3. The fourth-order valence-electron chi connectivity index (χ4n) is 3.21. The Kier molecular flexibility index (Phi) is 6.69. The van der Waals surface area contributed by atoms with E-state index in [1.54, 1.807) is 30.0 Å². The standard InChI is InChI=1S/C21H21ClFN3O2S/c22-18-5-1-2-6-19(18)28-12-13-29-21-25-24-20(15-7-9-16(23)10-8-15)26(21)14-17-4-3-11-27-17/h1-2,5-10,17H,3-4,11-14H2. The molecular formula is C21H21ClFN3O2S. The van der Waals surface area contributed by atoms with E-state index >= 15 is 0 Å². The highest BCUT2D eigenvalue weighted by molar-refractivity contribution is 7.99. The minimum Gasteiger partial charge on any atom is -0.491 e. The number of benzene rings is 2. The first-order valence-electron chi connectivity index (χ1n) is 9.51. The summed E-state index contributed by atoms with van der Waals surface area (Å²) < 4.78 is 26.9. The van der Waals surface area contributed by atoms with Gasteiger partial charge in [-0.05, 0) is 49.2 Å². The summed E-state index contributed by atoms with van der Waals surface area (Å²) in [5.41, 5.74) is 0.830. The van der Waals surface area contributed by atoms with Gasteiger partial charge in [-0.1, -0.05) is 35.5 Å². The second-order valence-corrected chi connectivity index (χ2v) is 8.16. The number of para-hydroxylation sites is 1. The van der Waals surface area contributed by atoms with E-state index in [-0.39, 0.29) is 11.9 Å². The van der Waals surface area contributed by atoms with Crippen molar-refractivity contribution in [2.75, 3.05) is 19.0 Å². The van der Waals surface area contributed by atoms with Crippen LogP contribution in [0.2, 0.25) is 5.02 Å². The van der Waals surface area contributed by atoms with Crippen molar-refractivity contribution in [3.05, 3.63) is 59.4 Å². The molecule has 1 aliphatic rings. The number of ether oxygens (including phenoxy) is 2. The van der Waals surface area contributed by atoms with Gasteiger partial charge in [-0.3, -0.25) is 4.57 Å². The molecule has 152 valence electrons. The summed E-state index contributed by atoms with van der Waals surface area (Å²) in [6.07, 6.45) is 2.22. The van der Waals surface area contributed by atoms with Crippen molar-refractivity contribution in [2.45, 2.75) is 30.6 Å². The molecule has 0 radical (unpaired) electrons. The third-order valence-corrected chi connectivity index (χ3v) is 5.88. The predicted molar refractivity (Wildman–Crippen MR) is 112 cm³/mol. The molecule has 2 aromatic carbocycles. The van der Waals surface area contributed by atoms with Gasteiger partial charge in [0.05, 0.1) is 24.3 Å². The number of hydrogen-bond acceptors (Lipinski definition) is 5. The number of rotatable bonds is 8. The SMILES string of the molecule is Fc1ccc(-c2nnc(SCCOc3ccccc3Cl)n2CC2CCCO2)cc1. The maximum atomic E-state index is 13.3. The first-order valence-corrected chi connectivity index (χ1v) is 10.9. The minimum atomic E-state index is -0.273. The molecule has 0 N–H and O–H groups in total. The van der Waals surface area contributed by atoms with E-state index in [4.69, 9.17) is 21.1 Å². The lowest BCUT2D eigenvalue weighted by Crippen LogP contribution is -2.17. The Labute approximate surface area is 178 Å². The van der Waals surface area contributed by atoms with Crippen LogP contribution in [0.25, 0.3) is 11.4 Å². The lowest BCUT2D eigenvalue weighted by atomic mass is 10.2. The smallest absolute Gasteiger partial charge is 0.191 e. The summed E-state index contributed by atoms with van der Waals surface area (Å²) in [6, 6.07) is 13.7. The Balaban J connectivity index is 1.46. The van der Waals surface area contributed by atoms with Crippen LogP contribution < -0.4 is 4.74 Å². The predicted octanol–water partition coefficient (Wildman–Crippen LogP) is 5.09. The molecule has 2 heterocycles. The molecule has 1 atom stereocenters. The second-order valence-electron chi connectivity index (χ2n) is 6.69. The van der Waals surface area contributed by atoms with E-state index in [1.807, 2.05) is 18.2 Å². The lowest BCUT2D eigenvalue weighted by molar-refractivity contribution is 0.0953. The molecule has 1 aromatic heterocycles. The van der Waals surface area contributed by atoms with Crippen LogP contribution in [-0.2, 0) is 11.3 Å². The van der Waals surface area contributed by atoms with Crippen LogP contribution >= 0.6 is 23.4 Å². The highest BCUT2D eigenvalue weighted by Gasteiger charge is 2.21. The van der Waals surface area contributed by atoms with Gasteiger partial charge in [0.25, 0.3) is 0 Å². The van der Waals surface area contributed by atoms with Crippen molar-refractivity contribution in [1.29, 1.82) is 0 Å². The zero-order valence-electron chi connectivity index (χ0n) is 15.8. The van der Waals surface area contributed by atoms with E-state index in [9.17, 15) is 4.39 Å². The highest BCUT2D eigenvalue weighted by Crippen LogP contribution is 2.27. The summed E-state index contributed by atoms with van der Waals surface area (Å²) in [7, 11) is 0. The lowest BCUT2D eigenvalue weighted by Gasteiger charge is -2.15. The van der Waals surface area contributed by atoms with Crippen molar-refractivity contribution >= 4 is 23.4 Å². The molecule has 5 nitrogen and oxygen atoms in total. The Morgan fingerprint density at radius 1 is 1.17 bits per heavy atom. The normalized spacial score (nSPS) is 16.3. The van der Waals surface area contributed by atoms with Crippen molar-refractivity contribution in [2.24, 2.45) is 0 Å². The largest absolute Gasteiger partial charge is 0.491 e. The Hall–Kier alpha value is -2.09. The van der Waals surface area contributed by atoms with Crippen LogP contribution in [0.5, 0.6) is 5.75 Å². The average Bonchev–Trinajstić information content (AvgIpc) is 3.38. The summed E-state index contributed by atoms with van der Waals surface area (Å²) in [6.45, 7) is 1.95. The quantitative estimate of drug-likeness (QED) is 0.366. The molecule has 0 amide bonds. The van der Waals surface area contributed by atoms with Crippen molar-refractivity contribution in [3.63, 3.8) is 0 Å². The molecule has 1 aliphatic heterocycles. The first-order chi connectivity index (χ1) is 14.2. The monoisotopic (exact) mass is 433 g/mol. The highest BCUT2D eigenvalue weighted by atomic mass is 35.5. The Bertz CT molecular complexity index is 945. The fourth-order valence-corrected chi connectivity index (χ4v) is 4.17. The van der Waals surface area contributed by atoms with Crippen LogP contribution in [0.4, 0.5) is 4.39 Å². The van der Waals surface area contributed by atoms with E-state index in [2.05, 4.69) is 14.8 Å². The molecule has 3 aromatic rings. The molecule has 1 unspecified atom stereocenters. The molecule has 0 aliphatic carbocycles. The van der Waals surface area contributed by atoms with Gasteiger partial charge < -0.3 is 9.47 Å². The van der Waals surface area contributed by atoms with Crippen LogP contribution in [0.3, 0.4) is 0 Å². The first kappa shape index (κ1) is 20.2. The van der Waals surface area contributed by atoms with Gasteiger partial charge in [0, 0.05) is 17.9 Å². The van der Waals surface area contributed by atoms with Crippen molar-refractivity contribution < 1.29 is 13.9 Å². The molecule has 1 saturated heterocycles. The van der Waals surface area contributed by atoms with Gasteiger partial charge >= 0.3 is 0 Å². The van der Waals surface area contributed by atoms with Crippen LogP contribution in [0.1, 0.15) is 12.8 Å². The summed E-state index contributed by atoms with van der Waals surface area (Å²) >= 11 is 7.69. The topological polar surface area (TPSA) is 49.2 Å². The van der Waals surface area contributed by atoms with Gasteiger partial charge in [-0.2, -0.15) is 0 Å². The fraction of sp³-hybridized carbons (Fsp3) is 0.333. The minimum absolute atomic E-state index is 0.143. The molecule has 0 bridgehead atoms. The van der Waals surface area contributed by atoms with Gasteiger partial charge in [0.15, 0.2) is 11.0 Å². The maximum absolute atomic E-state index is 13.3. The average molecular weight is 434 g/mol. The van der Waals surface area contributed by atoms with Gasteiger partial charge in [0.2, 0.25) is 0 Å². The van der Waals surface area contributed by atoms with Gasteiger partial charge in [-0.15, -0.1) is 10.2 Å². The van der Waals surface area contributed by atoms with Gasteiger partial charge in [-0.25, -0.2) is 4.39 Å². The Morgan fingerprint density at radius 3 is 2.76 bits per heavy atom. The van der Waals surface area contributed by atoms with Crippen LogP contribution in [0.15, 0.2) is 53.7 Å². The summed E-state index contributed by atoms with van der Waals surface area (Å²) in [4.78, 5) is 0. The third kappa shape index (κ3) is 5.10. The van der Waals surface area contributed by atoms with E-state index < -0.39 is 0 Å². The maximum Gasteiger partial charge on any atom is 0.191 e. The zero-order valence-corrected chi connectivity index (χ0v) is 17.3. The number of halogens is 2. The number of aromatic nitrogens is 3. The molecular weight excluding hydrogens is 413 g/mol. The molecule has 1 fully saturated rings. The van der Waals surface area contributed by atoms with Crippen LogP contribution in [-0.4, -0.2) is 39.8 Å². The molecule has 4 rings (SSSR count).